The first-order chi connectivity index (χ1) is 9.16. The van der Waals surface area contributed by atoms with Crippen molar-refractivity contribution in [2.24, 2.45) is 0 Å². The molecule has 0 unspecified atom stereocenters. The molecule has 0 saturated heterocycles. The Bertz CT molecular complexity index is 596. The average Bonchev–Trinajstić information content (AvgIpc) is 2.74. The number of rotatable bonds is 2. The third-order valence-electron chi connectivity index (χ3n) is 3.85. The molecule has 0 amide bonds. The van der Waals surface area contributed by atoms with Crippen LogP contribution in [0.2, 0.25) is 0 Å². The van der Waals surface area contributed by atoms with Crippen molar-refractivity contribution in [1.29, 1.82) is 0 Å². The zero-order valence-corrected chi connectivity index (χ0v) is 11.9. The van der Waals surface area contributed by atoms with E-state index in [4.69, 9.17) is 4.98 Å². The van der Waals surface area contributed by atoms with Crippen molar-refractivity contribution in [3.8, 4) is 5.69 Å². The molecule has 3 nitrogen and oxygen atoms in total. The number of aryl methyl sites for hydroxylation is 1. The number of hydrogen-bond acceptors (Lipinski definition) is 2. The molecule has 3 rings (SSSR count). The van der Waals surface area contributed by atoms with E-state index < -0.39 is 0 Å². The van der Waals surface area contributed by atoms with Gasteiger partial charge in [-0.2, -0.15) is 0 Å². The van der Waals surface area contributed by atoms with Crippen molar-refractivity contribution in [2.45, 2.75) is 39.7 Å². The van der Waals surface area contributed by atoms with Crippen molar-refractivity contribution in [2.75, 3.05) is 6.54 Å². The van der Waals surface area contributed by atoms with Gasteiger partial charge in [-0.15, -0.1) is 0 Å². The van der Waals surface area contributed by atoms with Gasteiger partial charge in [0, 0.05) is 30.9 Å². The predicted octanol–water partition coefficient (Wildman–Crippen LogP) is 2.95. The van der Waals surface area contributed by atoms with Crippen LogP contribution in [0.25, 0.3) is 5.69 Å². The third kappa shape index (κ3) is 2.19. The minimum Gasteiger partial charge on any atom is -0.311 e. The summed E-state index contributed by atoms with van der Waals surface area (Å²) >= 11 is 0. The summed E-state index contributed by atoms with van der Waals surface area (Å²) in [6.07, 6.45) is 1.06. The second-order valence-electron chi connectivity index (χ2n) is 5.56. The highest BCUT2D eigenvalue weighted by molar-refractivity contribution is 5.41. The molecule has 100 valence electrons. The highest BCUT2D eigenvalue weighted by Gasteiger charge is 2.18. The second-order valence-corrected chi connectivity index (χ2v) is 5.56. The van der Waals surface area contributed by atoms with E-state index in [2.05, 4.69) is 54.9 Å². The van der Waals surface area contributed by atoms with Gasteiger partial charge in [-0.25, -0.2) is 4.98 Å². The lowest BCUT2D eigenvalue weighted by atomic mass is 10.0. The fraction of sp³-hybridized carbons (Fsp3) is 0.438. The number of imidazole rings is 1. The molecule has 0 saturated carbocycles. The molecule has 1 aliphatic heterocycles. The summed E-state index contributed by atoms with van der Waals surface area (Å²) < 4.78 is 2.32. The number of hydrogen-bond donors (Lipinski definition) is 1. The summed E-state index contributed by atoms with van der Waals surface area (Å²) in [4.78, 5) is 4.70. The molecule has 1 aromatic heterocycles. The Kier molecular flexibility index (Phi) is 3.15. The molecule has 1 aromatic carbocycles. The maximum absolute atomic E-state index is 4.70. The quantitative estimate of drug-likeness (QED) is 0.894. The molecular formula is C16H21N3. The number of nitrogens with one attached hydrogen (secondary N) is 1. The maximum Gasteiger partial charge on any atom is 0.110 e. The average molecular weight is 255 g/mol. The van der Waals surface area contributed by atoms with Crippen LogP contribution in [0.3, 0.4) is 0 Å². The van der Waals surface area contributed by atoms with Crippen LogP contribution in [0.5, 0.6) is 0 Å². The highest BCUT2D eigenvalue weighted by atomic mass is 15.1. The lowest BCUT2D eigenvalue weighted by Gasteiger charge is -2.17. The standard InChI is InChI=1S/C16H21N3/c1-11(2)13-5-4-6-14(9-13)19-12(3)18-15-10-17-8-7-16(15)19/h4-6,9,11,17H,7-8,10H2,1-3H3. The first kappa shape index (κ1) is 12.4. The van der Waals surface area contributed by atoms with Crippen LogP contribution in [-0.4, -0.2) is 16.1 Å². The second kappa shape index (κ2) is 4.82. The zero-order valence-electron chi connectivity index (χ0n) is 11.9. The molecule has 1 aliphatic rings. The van der Waals surface area contributed by atoms with E-state index in [-0.39, 0.29) is 0 Å². The lowest BCUT2D eigenvalue weighted by molar-refractivity contribution is 0.620. The molecular weight excluding hydrogens is 234 g/mol. The first-order valence-electron chi connectivity index (χ1n) is 7.05. The minimum atomic E-state index is 0.557. The van der Waals surface area contributed by atoms with Crippen LogP contribution < -0.4 is 5.32 Å². The summed E-state index contributed by atoms with van der Waals surface area (Å²) in [6, 6.07) is 8.83. The predicted molar refractivity (Wildman–Crippen MR) is 77.8 cm³/mol. The van der Waals surface area contributed by atoms with E-state index in [1.54, 1.807) is 0 Å². The monoisotopic (exact) mass is 255 g/mol. The van der Waals surface area contributed by atoms with E-state index in [0.29, 0.717) is 5.92 Å². The van der Waals surface area contributed by atoms with Gasteiger partial charge in [0.05, 0.1) is 5.69 Å². The molecule has 0 bridgehead atoms. The van der Waals surface area contributed by atoms with Crippen LogP contribution in [0.1, 0.15) is 42.5 Å². The number of benzene rings is 1. The van der Waals surface area contributed by atoms with Gasteiger partial charge < -0.3 is 9.88 Å². The van der Waals surface area contributed by atoms with E-state index >= 15 is 0 Å². The van der Waals surface area contributed by atoms with Gasteiger partial charge in [-0.1, -0.05) is 26.0 Å². The van der Waals surface area contributed by atoms with Gasteiger partial charge in [0.1, 0.15) is 5.82 Å². The van der Waals surface area contributed by atoms with Crippen molar-refractivity contribution in [3.05, 3.63) is 47.0 Å². The Morgan fingerprint density at radius 3 is 2.95 bits per heavy atom. The molecule has 1 N–H and O–H groups in total. The molecule has 2 aromatic rings. The summed E-state index contributed by atoms with van der Waals surface area (Å²) in [5.74, 6) is 1.65. The van der Waals surface area contributed by atoms with Crippen LogP contribution in [0.4, 0.5) is 0 Å². The maximum atomic E-state index is 4.70. The van der Waals surface area contributed by atoms with E-state index in [1.807, 2.05) is 0 Å². The Labute approximate surface area is 114 Å². The van der Waals surface area contributed by atoms with Crippen molar-refractivity contribution >= 4 is 0 Å². The van der Waals surface area contributed by atoms with Crippen LogP contribution >= 0.6 is 0 Å². The zero-order chi connectivity index (χ0) is 13.4. The number of aromatic nitrogens is 2. The lowest BCUT2D eigenvalue weighted by Crippen LogP contribution is -2.24. The Hall–Kier alpha value is -1.61. The summed E-state index contributed by atoms with van der Waals surface area (Å²) in [5.41, 5.74) is 5.21. The summed E-state index contributed by atoms with van der Waals surface area (Å²) in [7, 11) is 0. The molecule has 0 atom stereocenters. The van der Waals surface area contributed by atoms with Crippen molar-refractivity contribution < 1.29 is 0 Å². The molecule has 0 spiro atoms. The Morgan fingerprint density at radius 2 is 2.16 bits per heavy atom. The normalized spacial score (nSPS) is 14.7. The fourth-order valence-corrected chi connectivity index (χ4v) is 2.81. The molecule has 0 aliphatic carbocycles. The summed E-state index contributed by atoms with van der Waals surface area (Å²) in [6.45, 7) is 8.51. The molecule has 3 heteroatoms. The molecule has 2 heterocycles. The third-order valence-corrected chi connectivity index (χ3v) is 3.85. The SMILES string of the molecule is Cc1nc2c(n1-c1cccc(C(C)C)c1)CCNC2. The smallest absolute Gasteiger partial charge is 0.110 e. The largest absolute Gasteiger partial charge is 0.311 e. The first-order valence-corrected chi connectivity index (χ1v) is 7.05. The van der Waals surface area contributed by atoms with Gasteiger partial charge in [-0.3, -0.25) is 0 Å². The number of fused-ring (bicyclic) bond motifs is 1. The molecule has 0 radical (unpaired) electrons. The topological polar surface area (TPSA) is 29.9 Å². The molecule has 0 fully saturated rings. The van der Waals surface area contributed by atoms with Gasteiger partial charge in [0.25, 0.3) is 0 Å². The Balaban J connectivity index is 2.11. The van der Waals surface area contributed by atoms with Crippen LogP contribution in [-0.2, 0) is 13.0 Å². The van der Waals surface area contributed by atoms with Crippen molar-refractivity contribution in [1.82, 2.24) is 14.9 Å². The number of nitrogens with zero attached hydrogens (tertiary/aromatic N) is 2. The van der Waals surface area contributed by atoms with Crippen LogP contribution in [0, 0.1) is 6.92 Å². The van der Waals surface area contributed by atoms with E-state index in [9.17, 15) is 0 Å². The van der Waals surface area contributed by atoms with Gasteiger partial charge in [-0.05, 0) is 30.5 Å². The highest BCUT2D eigenvalue weighted by Crippen LogP contribution is 2.24. The van der Waals surface area contributed by atoms with E-state index in [1.165, 1.54) is 22.6 Å². The molecule has 19 heavy (non-hydrogen) atoms. The summed E-state index contributed by atoms with van der Waals surface area (Å²) in [5, 5.41) is 3.39. The van der Waals surface area contributed by atoms with E-state index in [0.717, 1.165) is 25.3 Å². The van der Waals surface area contributed by atoms with Gasteiger partial charge in [0.15, 0.2) is 0 Å². The van der Waals surface area contributed by atoms with Gasteiger partial charge in [0.2, 0.25) is 0 Å². The van der Waals surface area contributed by atoms with Crippen LogP contribution in [0.15, 0.2) is 24.3 Å². The fourth-order valence-electron chi connectivity index (χ4n) is 2.81. The van der Waals surface area contributed by atoms with Gasteiger partial charge >= 0.3 is 0 Å². The Morgan fingerprint density at radius 1 is 1.32 bits per heavy atom. The minimum absolute atomic E-state index is 0.557. The van der Waals surface area contributed by atoms with Crippen molar-refractivity contribution in [3.63, 3.8) is 0 Å².